The largest absolute Gasteiger partial charge is 0.387 e. The molecule has 2 nitrogen and oxygen atoms in total. The van der Waals surface area contributed by atoms with Gasteiger partial charge in [-0.25, -0.2) is 0 Å². The average Bonchev–Trinajstić information content (AvgIpc) is 2.41. The second-order valence-corrected chi connectivity index (χ2v) is 4.27. The zero-order valence-corrected chi connectivity index (χ0v) is 7.65. The lowest BCUT2D eigenvalue weighted by atomic mass is 9.91. The molecule has 1 aliphatic carbocycles. The van der Waals surface area contributed by atoms with Crippen LogP contribution in [0.3, 0.4) is 0 Å². The van der Waals surface area contributed by atoms with Crippen molar-refractivity contribution in [1.29, 1.82) is 5.41 Å². The molecule has 64 valence electrons. The Morgan fingerprint density at radius 3 is 2.27 bits per heavy atom. The molecule has 0 aromatic carbocycles. The van der Waals surface area contributed by atoms with E-state index in [9.17, 15) is 0 Å². The van der Waals surface area contributed by atoms with Gasteiger partial charge in [0.2, 0.25) is 0 Å². The summed E-state index contributed by atoms with van der Waals surface area (Å²) in [5, 5.41) is 7.46. The molecule has 0 saturated heterocycles. The Labute approximate surface area is 68.7 Å². The van der Waals surface area contributed by atoms with Gasteiger partial charge in [0.15, 0.2) is 0 Å². The summed E-state index contributed by atoms with van der Waals surface area (Å²) in [6.07, 6.45) is 2.21. The van der Waals surface area contributed by atoms with E-state index in [1.807, 2.05) is 0 Å². The van der Waals surface area contributed by atoms with Gasteiger partial charge in [-0.1, -0.05) is 20.8 Å². The molecule has 2 heteroatoms. The van der Waals surface area contributed by atoms with Crippen LogP contribution in [-0.4, -0.2) is 5.84 Å². The maximum Gasteiger partial charge on any atom is 0.0971 e. The van der Waals surface area contributed by atoms with Crippen molar-refractivity contribution in [1.82, 2.24) is 0 Å². The molecule has 1 rings (SSSR count). The Morgan fingerprint density at radius 2 is 2.18 bits per heavy atom. The van der Waals surface area contributed by atoms with E-state index in [-0.39, 0.29) is 5.41 Å². The number of nitrogens with one attached hydrogen (secondary N) is 1. The molecular weight excluding hydrogens is 136 g/mol. The molecule has 0 heterocycles. The molecule has 1 saturated carbocycles. The van der Waals surface area contributed by atoms with Gasteiger partial charge in [-0.2, -0.15) is 0 Å². The fourth-order valence-corrected chi connectivity index (χ4v) is 1.99. The van der Waals surface area contributed by atoms with Crippen molar-refractivity contribution in [2.45, 2.75) is 33.6 Å². The highest BCUT2D eigenvalue weighted by Gasteiger charge is 2.53. The van der Waals surface area contributed by atoms with Gasteiger partial charge in [0.05, 0.1) is 5.84 Å². The first kappa shape index (κ1) is 8.57. The van der Waals surface area contributed by atoms with E-state index in [1.54, 1.807) is 0 Å². The molecule has 3 N–H and O–H groups in total. The summed E-state index contributed by atoms with van der Waals surface area (Å²) in [6, 6.07) is 0. The minimum absolute atomic E-state index is 0.0914. The highest BCUT2D eigenvalue weighted by atomic mass is 14.8. The first-order valence-corrected chi connectivity index (χ1v) is 4.33. The average molecular weight is 154 g/mol. The molecule has 2 atom stereocenters. The van der Waals surface area contributed by atoms with Gasteiger partial charge in [-0.3, -0.25) is 5.41 Å². The predicted molar refractivity (Wildman–Crippen MR) is 47.6 cm³/mol. The summed E-state index contributed by atoms with van der Waals surface area (Å²) in [5.74, 6) is 1.70. The van der Waals surface area contributed by atoms with E-state index in [0.29, 0.717) is 17.7 Å². The van der Waals surface area contributed by atoms with Crippen molar-refractivity contribution >= 4 is 5.84 Å². The van der Waals surface area contributed by atoms with E-state index in [1.165, 1.54) is 0 Å². The monoisotopic (exact) mass is 154 g/mol. The third-order valence-corrected chi connectivity index (χ3v) is 2.76. The summed E-state index contributed by atoms with van der Waals surface area (Å²) in [6.45, 7) is 6.56. The van der Waals surface area contributed by atoms with Crippen LogP contribution >= 0.6 is 0 Å². The number of rotatable bonds is 3. The van der Waals surface area contributed by atoms with Gasteiger partial charge in [-0.05, 0) is 24.7 Å². The van der Waals surface area contributed by atoms with E-state index in [2.05, 4.69) is 20.8 Å². The number of hydrogen-bond donors (Lipinski definition) is 2. The van der Waals surface area contributed by atoms with Crippen LogP contribution in [0, 0.1) is 22.7 Å². The van der Waals surface area contributed by atoms with E-state index >= 15 is 0 Å². The molecule has 0 spiro atoms. The van der Waals surface area contributed by atoms with Gasteiger partial charge in [0.25, 0.3) is 0 Å². The van der Waals surface area contributed by atoms with Crippen LogP contribution in [0.5, 0.6) is 0 Å². The van der Waals surface area contributed by atoms with Crippen molar-refractivity contribution in [2.75, 3.05) is 0 Å². The van der Waals surface area contributed by atoms with Crippen LogP contribution in [0.4, 0.5) is 0 Å². The Balaban J connectivity index is 2.57. The summed E-state index contributed by atoms with van der Waals surface area (Å²) in [5.41, 5.74) is 5.65. The zero-order valence-electron chi connectivity index (χ0n) is 7.65. The second-order valence-electron chi connectivity index (χ2n) is 4.27. The lowest BCUT2D eigenvalue weighted by molar-refractivity contribution is 0.456. The molecule has 0 bridgehead atoms. The first-order chi connectivity index (χ1) is 4.99. The molecule has 2 unspecified atom stereocenters. The highest BCUT2D eigenvalue weighted by Crippen LogP contribution is 2.56. The Morgan fingerprint density at radius 1 is 1.73 bits per heavy atom. The molecule has 1 fully saturated rings. The van der Waals surface area contributed by atoms with Gasteiger partial charge < -0.3 is 5.73 Å². The van der Waals surface area contributed by atoms with Crippen LogP contribution in [-0.2, 0) is 0 Å². The number of amidine groups is 1. The van der Waals surface area contributed by atoms with Gasteiger partial charge in [0.1, 0.15) is 0 Å². The number of hydrogen-bond acceptors (Lipinski definition) is 1. The van der Waals surface area contributed by atoms with E-state index < -0.39 is 0 Å². The quantitative estimate of drug-likeness (QED) is 0.474. The van der Waals surface area contributed by atoms with Crippen molar-refractivity contribution in [3.8, 4) is 0 Å². The maximum atomic E-state index is 7.46. The fourth-order valence-electron chi connectivity index (χ4n) is 1.99. The molecule has 0 aromatic heterocycles. The molecule has 1 aliphatic rings. The van der Waals surface area contributed by atoms with E-state index in [4.69, 9.17) is 11.1 Å². The van der Waals surface area contributed by atoms with Crippen molar-refractivity contribution in [2.24, 2.45) is 23.0 Å². The van der Waals surface area contributed by atoms with Crippen LogP contribution in [0.15, 0.2) is 0 Å². The molecule has 11 heavy (non-hydrogen) atoms. The van der Waals surface area contributed by atoms with Crippen molar-refractivity contribution in [3.63, 3.8) is 0 Å². The summed E-state index contributed by atoms with van der Waals surface area (Å²) < 4.78 is 0. The molecule has 0 amide bonds. The second kappa shape index (κ2) is 2.50. The Bertz CT molecular complexity index is 174. The van der Waals surface area contributed by atoms with Gasteiger partial charge in [-0.15, -0.1) is 0 Å². The van der Waals surface area contributed by atoms with E-state index in [0.717, 1.165) is 12.8 Å². The number of nitrogens with two attached hydrogens (primary N) is 1. The van der Waals surface area contributed by atoms with Crippen LogP contribution in [0.25, 0.3) is 0 Å². The van der Waals surface area contributed by atoms with Crippen molar-refractivity contribution in [3.05, 3.63) is 0 Å². The minimum atomic E-state index is 0.0914. The smallest absolute Gasteiger partial charge is 0.0971 e. The van der Waals surface area contributed by atoms with Crippen molar-refractivity contribution < 1.29 is 0 Å². The SMILES string of the molecule is CC(C)CC1(C(=N)N)CC1C. The lowest BCUT2D eigenvalue weighted by Gasteiger charge is -2.16. The normalized spacial score (nSPS) is 35.8. The molecule has 0 radical (unpaired) electrons. The Kier molecular flexibility index (Phi) is 1.95. The molecule has 0 aromatic rings. The highest BCUT2D eigenvalue weighted by molar-refractivity contribution is 5.86. The standard InChI is InChI=1S/C9H18N2/c1-6(2)4-9(8(10)11)5-7(9)3/h6-7H,4-5H2,1-3H3,(H3,10,11). The molecular formula is C9H18N2. The summed E-state index contributed by atoms with van der Waals surface area (Å²) >= 11 is 0. The predicted octanol–water partition coefficient (Wildman–Crippen LogP) is 1.99. The third-order valence-electron chi connectivity index (χ3n) is 2.76. The zero-order chi connectivity index (χ0) is 8.65. The summed E-state index contributed by atoms with van der Waals surface area (Å²) in [4.78, 5) is 0. The topological polar surface area (TPSA) is 49.9 Å². The summed E-state index contributed by atoms with van der Waals surface area (Å²) in [7, 11) is 0. The Hall–Kier alpha value is -0.530. The van der Waals surface area contributed by atoms with Crippen LogP contribution in [0.2, 0.25) is 0 Å². The van der Waals surface area contributed by atoms with Crippen LogP contribution < -0.4 is 5.73 Å². The lowest BCUT2D eigenvalue weighted by Crippen LogP contribution is -2.26. The first-order valence-electron chi connectivity index (χ1n) is 4.33. The fraction of sp³-hybridized carbons (Fsp3) is 0.889. The third kappa shape index (κ3) is 1.39. The molecule has 0 aliphatic heterocycles. The minimum Gasteiger partial charge on any atom is -0.387 e. The van der Waals surface area contributed by atoms with Crippen LogP contribution in [0.1, 0.15) is 33.6 Å². The van der Waals surface area contributed by atoms with Gasteiger partial charge in [0, 0.05) is 5.41 Å². The van der Waals surface area contributed by atoms with Gasteiger partial charge >= 0.3 is 0 Å². The maximum absolute atomic E-state index is 7.46.